The van der Waals surface area contributed by atoms with Crippen molar-refractivity contribution in [2.75, 3.05) is 32.8 Å². The van der Waals surface area contributed by atoms with E-state index in [1.165, 1.54) is 0 Å². The SMILES string of the molecule is Cl.Cl.FC(F)(F)COC1CCCN(C2CCNCC2)C1. The van der Waals surface area contributed by atoms with Crippen LogP contribution < -0.4 is 5.32 Å². The molecule has 1 N–H and O–H groups in total. The van der Waals surface area contributed by atoms with Crippen LogP contribution in [0.4, 0.5) is 13.2 Å². The van der Waals surface area contributed by atoms with Gasteiger partial charge in [0.25, 0.3) is 0 Å². The molecule has 122 valence electrons. The van der Waals surface area contributed by atoms with Gasteiger partial charge >= 0.3 is 6.18 Å². The lowest BCUT2D eigenvalue weighted by atomic mass is 10.00. The zero-order valence-electron chi connectivity index (χ0n) is 11.3. The van der Waals surface area contributed by atoms with E-state index in [9.17, 15) is 13.2 Å². The van der Waals surface area contributed by atoms with Crippen LogP contribution in [-0.2, 0) is 4.74 Å². The molecule has 0 aromatic rings. The van der Waals surface area contributed by atoms with Crippen LogP contribution in [0.25, 0.3) is 0 Å². The maximum absolute atomic E-state index is 12.1. The van der Waals surface area contributed by atoms with Gasteiger partial charge in [-0.25, -0.2) is 0 Å². The third kappa shape index (κ3) is 6.80. The molecule has 0 spiro atoms. The summed E-state index contributed by atoms with van der Waals surface area (Å²) in [5.41, 5.74) is 0. The second-order valence-corrected chi connectivity index (χ2v) is 5.17. The number of hydrogen-bond acceptors (Lipinski definition) is 3. The molecule has 2 saturated heterocycles. The van der Waals surface area contributed by atoms with Gasteiger partial charge in [0, 0.05) is 12.6 Å². The first kappa shape index (κ1) is 20.2. The van der Waals surface area contributed by atoms with Gasteiger partial charge in [0.1, 0.15) is 6.61 Å². The van der Waals surface area contributed by atoms with Gasteiger partial charge in [-0.05, 0) is 45.3 Å². The van der Waals surface area contributed by atoms with Gasteiger partial charge < -0.3 is 10.1 Å². The maximum atomic E-state index is 12.1. The quantitative estimate of drug-likeness (QED) is 0.856. The summed E-state index contributed by atoms with van der Waals surface area (Å²) in [5, 5.41) is 3.30. The number of hydrogen-bond donors (Lipinski definition) is 1. The van der Waals surface area contributed by atoms with E-state index >= 15 is 0 Å². The van der Waals surface area contributed by atoms with Crippen molar-refractivity contribution >= 4 is 24.8 Å². The highest BCUT2D eigenvalue weighted by Gasteiger charge is 2.32. The molecule has 0 aromatic carbocycles. The molecule has 0 aromatic heterocycles. The Morgan fingerprint density at radius 2 is 1.75 bits per heavy atom. The van der Waals surface area contributed by atoms with Crippen molar-refractivity contribution in [2.45, 2.75) is 44.0 Å². The van der Waals surface area contributed by atoms with Crippen LogP contribution in [0, 0.1) is 0 Å². The Balaban J connectivity index is 0.00000180. The summed E-state index contributed by atoms with van der Waals surface area (Å²) in [4.78, 5) is 2.31. The molecule has 2 heterocycles. The molecule has 1 atom stereocenters. The molecule has 0 radical (unpaired) electrons. The summed E-state index contributed by atoms with van der Waals surface area (Å²) in [7, 11) is 0. The molecule has 2 rings (SSSR count). The van der Waals surface area contributed by atoms with Gasteiger partial charge in [-0.1, -0.05) is 0 Å². The van der Waals surface area contributed by atoms with Crippen LogP contribution in [-0.4, -0.2) is 56.0 Å². The van der Waals surface area contributed by atoms with Gasteiger partial charge in [0.05, 0.1) is 6.10 Å². The van der Waals surface area contributed by atoms with Crippen LogP contribution in [0.3, 0.4) is 0 Å². The van der Waals surface area contributed by atoms with Crippen molar-refractivity contribution in [2.24, 2.45) is 0 Å². The Hall–Kier alpha value is 0.250. The summed E-state index contributed by atoms with van der Waals surface area (Å²) in [5.74, 6) is 0. The molecule has 0 saturated carbocycles. The van der Waals surface area contributed by atoms with E-state index in [2.05, 4.69) is 10.2 Å². The molecule has 2 aliphatic heterocycles. The number of alkyl halides is 3. The second kappa shape index (κ2) is 9.30. The van der Waals surface area contributed by atoms with E-state index < -0.39 is 12.8 Å². The first-order valence-electron chi connectivity index (χ1n) is 6.68. The van der Waals surface area contributed by atoms with Gasteiger partial charge in [0.15, 0.2) is 0 Å². The predicted molar refractivity (Wildman–Crippen MR) is 77.0 cm³/mol. The Labute approximate surface area is 130 Å². The number of piperidine rings is 2. The summed E-state index contributed by atoms with van der Waals surface area (Å²) in [6.45, 7) is 2.56. The van der Waals surface area contributed by atoms with E-state index in [0.717, 1.165) is 45.3 Å². The molecule has 1 unspecified atom stereocenters. The average molecular weight is 339 g/mol. The minimum atomic E-state index is -4.21. The predicted octanol–water partition coefficient (Wildman–Crippen LogP) is 2.63. The lowest BCUT2D eigenvalue weighted by Gasteiger charge is -2.40. The molecule has 20 heavy (non-hydrogen) atoms. The van der Waals surface area contributed by atoms with Crippen LogP contribution >= 0.6 is 24.8 Å². The van der Waals surface area contributed by atoms with E-state index in [1.54, 1.807) is 0 Å². The lowest BCUT2D eigenvalue weighted by molar-refractivity contribution is -0.190. The zero-order valence-corrected chi connectivity index (χ0v) is 13.0. The number of likely N-dealkylation sites (tertiary alicyclic amines) is 1. The smallest absolute Gasteiger partial charge is 0.367 e. The van der Waals surface area contributed by atoms with Gasteiger partial charge in [-0.3, -0.25) is 4.90 Å². The zero-order chi connectivity index (χ0) is 13.0. The normalized spacial score (nSPS) is 25.6. The van der Waals surface area contributed by atoms with E-state index in [1.807, 2.05) is 0 Å². The van der Waals surface area contributed by atoms with Crippen LogP contribution in [0.1, 0.15) is 25.7 Å². The Morgan fingerprint density at radius 1 is 1.10 bits per heavy atom. The highest BCUT2D eigenvalue weighted by atomic mass is 35.5. The molecule has 0 bridgehead atoms. The lowest BCUT2D eigenvalue weighted by Crippen LogP contribution is -2.49. The Bertz CT molecular complexity index is 264. The molecule has 2 fully saturated rings. The minimum absolute atomic E-state index is 0. The van der Waals surface area contributed by atoms with Crippen molar-refractivity contribution in [3.8, 4) is 0 Å². The number of halogens is 5. The van der Waals surface area contributed by atoms with E-state index in [-0.39, 0.29) is 30.9 Å². The van der Waals surface area contributed by atoms with Gasteiger partial charge in [-0.2, -0.15) is 13.2 Å². The number of nitrogens with zero attached hydrogens (tertiary/aromatic N) is 1. The van der Waals surface area contributed by atoms with E-state index in [0.29, 0.717) is 12.6 Å². The largest absolute Gasteiger partial charge is 0.411 e. The second-order valence-electron chi connectivity index (χ2n) is 5.17. The Morgan fingerprint density at radius 3 is 2.35 bits per heavy atom. The molecule has 3 nitrogen and oxygen atoms in total. The number of nitrogens with one attached hydrogen (secondary N) is 1. The third-order valence-corrected chi connectivity index (χ3v) is 3.72. The monoisotopic (exact) mass is 338 g/mol. The maximum Gasteiger partial charge on any atom is 0.411 e. The molecule has 0 aliphatic carbocycles. The van der Waals surface area contributed by atoms with Crippen LogP contribution in [0.15, 0.2) is 0 Å². The molecule has 0 amide bonds. The minimum Gasteiger partial charge on any atom is -0.367 e. The van der Waals surface area contributed by atoms with Crippen LogP contribution in [0.2, 0.25) is 0 Å². The van der Waals surface area contributed by atoms with Crippen molar-refractivity contribution in [1.29, 1.82) is 0 Å². The fraction of sp³-hybridized carbons (Fsp3) is 1.00. The third-order valence-electron chi connectivity index (χ3n) is 3.72. The topological polar surface area (TPSA) is 24.5 Å². The Kier molecular flexibility index (Phi) is 9.42. The first-order valence-corrected chi connectivity index (χ1v) is 6.68. The summed E-state index contributed by atoms with van der Waals surface area (Å²) >= 11 is 0. The fourth-order valence-electron chi connectivity index (χ4n) is 2.82. The van der Waals surface area contributed by atoms with Crippen molar-refractivity contribution in [3.05, 3.63) is 0 Å². The van der Waals surface area contributed by atoms with E-state index in [4.69, 9.17) is 4.74 Å². The standard InChI is InChI=1S/C12H21F3N2O.2ClH/c13-12(14,15)9-18-11-2-1-7-17(8-11)10-3-5-16-6-4-10;;/h10-11,16H,1-9H2;2*1H. The van der Waals surface area contributed by atoms with Crippen LogP contribution in [0.5, 0.6) is 0 Å². The number of ether oxygens (including phenoxy) is 1. The van der Waals surface area contributed by atoms with Gasteiger partial charge in [0.2, 0.25) is 0 Å². The molecular formula is C12H23Cl2F3N2O. The summed E-state index contributed by atoms with van der Waals surface area (Å²) < 4.78 is 41.3. The van der Waals surface area contributed by atoms with Crippen molar-refractivity contribution in [1.82, 2.24) is 10.2 Å². The molecular weight excluding hydrogens is 316 g/mol. The highest BCUT2D eigenvalue weighted by molar-refractivity contribution is 5.85. The number of rotatable bonds is 3. The first-order chi connectivity index (χ1) is 8.54. The van der Waals surface area contributed by atoms with Crippen molar-refractivity contribution in [3.63, 3.8) is 0 Å². The molecule has 8 heteroatoms. The summed E-state index contributed by atoms with van der Waals surface area (Å²) in [6, 6.07) is 0.517. The highest BCUT2D eigenvalue weighted by Crippen LogP contribution is 2.22. The average Bonchev–Trinajstić information content (AvgIpc) is 2.37. The summed E-state index contributed by atoms with van der Waals surface area (Å²) in [6.07, 6.45) is -0.603. The molecule has 2 aliphatic rings. The van der Waals surface area contributed by atoms with Crippen molar-refractivity contribution < 1.29 is 17.9 Å². The fourth-order valence-corrected chi connectivity index (χ4v) is 2.82. The van der Waals surface area contributed by atoms with Gasteiger partial charge in [-0.15, -0.1) is 24.8 Å².